The molecular weight excluding hydrogens is 373 g/mol. The van der Waals surface area contributed by atoms with Gasteiger partial charge in [-0.25, -0.2) is 4.98 Å². The van der Waals surface area contributed by atoms with E-state index in [2.05, 4.69) is 10.3 Å². The van der Waals surface area contributed by atoms with E-state index >= 15 is 0 Å². The lowest BCUT2D eigenvalue weighted by molar-refractivity contribution is -0.121. The monoisotopic (exact) mass is 389 g/mol. The molecule has 5 nitrogen and oxygen atoms in total. The quantitative estimate of drug-likeness (QED) is 0.717. The summed E-state index contributed by atoms with van der Waals surface area (Å²) in [6.45, 7) is 2.10. The fourth-order valence-corrected chi connectivity index (χ4v) is 3.30. The predicted molar refractivity (Wildman–Crippen MR) is 104 cm³/mol. The molecular formula is C19H17Cl2N3O2. The van der Waals surface area contributed by atoms with Crippen molar-refractivity contribution in [3.63, 3.8) is 0 Å². The summed E-state index contributed by atoms with van der Waals surface area (Å²) in [7, 11) is 0. The van der Waals surface area contributed by atoms with Crippen molar-refractivity contribution in [2.24, 2.45) is 0 Å². The molecule has 2 aromatic carbocycles. The maximum Gasteiger partial charge on any atom is 0.261 e. The summed E-state index contributed by atoms with van der Waals surface area (Å²) in [6.07, 6.45) is 1.63. The third-order valence-electron chi connectivity index (χ3n) is 4.12. The molecule has 7 heteroatoms. The van der Waals surface area contributed by atoms with Gasteiger partial charge in [0.25, 0.3) is 5.56 Å². The van der Waals surface area contributed by atoms with Gasteiger partial charge in [0.1, 0.15) is 0 Å². The smallest absolute Gasteiger partial charge is 0.261 e. The zero-order valence-corrected chi connectivity index (χ0v) is 15.6. The highest BCUT2D eigenvalue weighted by Crippen LogP contribution is 2.26. The topological polar surface area (TPSA) is 64.0 Å². The molecule has 0 saturated heterocycles. The number of nitrogens with zero attached hydrogens (tertiary/aromatic N) is 2. The van der Waals surface area contributed by atoms with E-state index in [0.717, 1.165) is 5.56 Å². The van der Waals surface area contributed by atoms with Crippen LogP contribution in [0.4, 0.5) is 0 Å². The zero-order valence-electron chi connectivity index (χ0n) is 14.1. The summed E-state index contributed by atoms with van der Waals surface area (Å²) in [4.78, 5) is 28.9. The average molecular weight is 390 g/mol. The van der Waals surface area contributed by atoms with Crippen molar-refractivity contribution in [2.75, 3.05) is 0 Å². The van der Waals surface area contributed by atoms with Crippen molar-refractivity contribution in [1.29, 1.82) is 0 Å². The molecule has 0 saturated carbocycles. The molecule has 0 aliphatic heterocycles. The molecule has 0 radical (unpaired) electrons. The van der Waals surface area contributed by atoms with Crippen LogP contribution in [-0.2, 0) is 11.3 Å². The summed E-state index contributed by atoms with van der Waals surface area (Å²) in [5.74, 6) is -0.177. The van der Waals surface area contributed by atoms with Crippen molar-refractivity contribution in [1.82, 2.24) is 14.9 Å². The molecule has 1 amide bonds. The number of para-hydroxylation sites is 1. The van der Waals surface area contributed by atoms with Crippen molar-refractivity contribution >= 4 is 40.0 Å². The number of rotatable bonds is 5. The van der Waals surface area contributed by atoms with Crippen molar-refractivity contribution < 1.29 is 4.79 Å². The Morgan fingerprint density at radius 3 is 2.77 bits per heavy atom. The molecule has 0 aliphatic rings. The van der Waals surface area contributed by atoms with Gasteiger partial charge in [-0.15, -0.1) is 0 Å². The van der Waals surface area contributed by atoms with E-state index in [9.17, 15) is 9.59 Å². The first kappa shape index (κ1) is 18.4. The van der Waals surface area contributed by atoms with Gasteiger partial charge in [0, 0.05) is 23.0 Å². The summed E-state index contributed by atoms with van der Waals surface area (Å²) in [5, 5.41) is 4.46. The van der Waals surface area contributed by atoms with Gasteiger partial charge in [0.2, 0.25) is 5.91 Å². The third kappa shape index (κ3) is 4.06. The van der Waals surface area contributed by atoms with Crippen molar-refractivity contribution in [3.8, 4) is 0 Å². The SMILES string of the molecule is CC(NC(=O)CCn1cnc2ccccc2c1=O)c1ccc(Cl)cc1Cl. The minimum absolute atomic E-state index is 0.155. The number of amides is 1. The molecule has 0 fully saturated rings. The highest BCUT2D eigenvalue weighted by Gasteiger charge is 2.13. The lowest BCUT2D eigenvalue weighted by Gasteiger charge is -2.16. The number of carbonyl (C=O) groups is 1. The standard InChI is InChI=1S/C19H17Cl2N3O2/c1-12(14-7-6-13(20)10-16(14)21)23-18(25)8-9-24-11-22-17-5-3-2-4-15(17)19(24)26/h2-7,10-12H,8-9H2,1H3,(H,23,25). The van der Waals surface area contributed by atoms with E-state index in [-0.39, 0.29) is 30.5 Å². The second-order valence-electron chi connectivity index (χ2n) is 5.97. The molecule has 0 bridgehead atoms. The van der Waals surface area contributed by atoms with E-state index < -0.39 is 0 Å². The minimum atomic E-state index is -0.265. The Balaban J connectivity index is 1.66. The summed E-state index contributed by atoms with van der Waals surface area (Å²) < 4.78 is 1.45. The van der Waals surface area contributed by atoms with Crippen LogP contribution in [0.2, 0.25) is 10.0 Å². The molecule has 1 N–H and O–H groups in total. The van der Waals surface area contributed by atoms with Crippen LogP contribution in [0.5, 0.6) is 0 Å². The van der Waals surface area contributed by atoms with Crippen LogP contribution in [0.1, 0.15) is 24.9 Å². The molecule has 1 unspecified atom stereocenters. The number of aromatic nitrogens is 2. The summed E-state index contributed by atoms with van der Waals surface area (Å²) in [5.41, 5.74) is 1.27. The van der Waals surface area contributed by atoms with Crippen LogP contribution < -0.4 is 10.9 Å². The largest absolute Gasteiger partial charge is 0.349 e. The molecule has 3 aromatic rings. The van der Waals surface area contributed by atoms with Gasteiger partial charge in [-0.05, 0) is 36.8 Å². The highest BCUT2D eigenvalue weighted by molar-refractivity contribution is 6.35. The number of carbonyl (C=O) groups excluding carboxylic acids is 1. The van der Waals surface area contributed by atoms with Gasteiger partial charge < -0.3 is 5.32 Å². The third-order valence-corrected chi connectivity index (χ3v) is 4.68. The Kier molecular flexibility index (Phi) is 5.59. The van der Waals surface area contributed by atoms with Gasteiger partial charge in [-0.1, -0.05) is 41.4 Å². The fourth-order valence-electron chi connectivity index (χ4n) is 2.73. The molecule has 0 aliphatic carbocycles. The van der Waals surface area contributed by atoms with Crippen molar-refractivity contribution in [2.45, 2.75) is 25.9 Å². The number of aryl methyl sites for hydroxylation is 1. The Morgan fingerprint density at radius 1 is 1.23 bits per heavy atom. The molecule has 1 aromatic heterocycles. The Labute approximate surface area is 160 Å². The van der Waals surface area contributed by atoms with Gasteiger partial charge >= 0.3 is 0 Å². The first-order valence-corrected chi connectivity index (χ1v) is 8.90. The zero-order chi connectivity index (χ0) is 18.7. The second-order valence-corrected chi connectivity index (χ2v) is 6.81. The van der Waals surface area contributed by atoms with E-state index in [0.29, 0.717) is 20.9 Å². The summed E-state index contributed by atoms with van der Waals surface area (Å²) >= 11 is 12.1. The predicted octanol–water partition coefficient (Wildman–Crippen LogP) is 3.97. The van der Waals surface area contributed by atoms with Crippen LogP contribution in [0.3, 0.4) is 0 Å². The summed E-state index contributed by atoms with van der Waals surface area (Å²) in [6, 6.07) is 12.0. The first-order valence-electron chi connectivity index (χ1n) is 8.14. The first-order chi connectivity index (χ1) is 12.5. The second kappa shape index (κ2) is 7.89. The maximum atomic E-state index is 12.4. The maximum absolute atomic E-state index is 12.4. The normalized spacial score (nSPS) is 12.1. The van der Waals surface area contributed by atoms with E-state index in [4.69, 9.17) is 23.2 Å². The van der Waals surface area contributed by atoms with Crippen LogP contribution in [-0.4, -0.2) is 15.5 Å². The Morgan fingerprint density at radius 2 is 2.00 bits per heavy atom. The van der Waals surface area contributed by atoms with Crippen LogP contribution in [0, 0.1) is 0 Å². The van der Waals surface area contributed by atoms with E-state index in [1.807, 2.05) is 13.0 Å². The van der Waals surface area contributed by atoms with Gasteiger partial charge in [0.15, 0.2) is 0 Å². The van der Waals surface area contributed by atoms with Crippen molar-refractivity contribution in [3.05, 3.63) is 74.8 Å². The molecule has 134 valence electrons. The number of hydrogen-bond donors (Lipinski definition) is 1. The van der Waals surface area contributed by atoms with E-state index in [1.54, 1.807) is 36.4 Å². The number of hydrogen-bond acceptors (Lipinski definition) is 3. The number of nitrogens with one attached hydrogen (secondary N) is 1. The number of halogens is 2. The molecule has 0 spiro atoms. The number of fused-ring (bicyclic) bond motifs is 1. The Hall–Kier alpha value is -2.37. The van der Waals surface area contributed by atoms with Gasteiger partial charge in [0.05, 0.1) is 23.3 Å². The average Bonchev–Trinajstić information content (AvgIpc) is 2.61. The molecule has 3 rings (SSSR count). The minimum Gasteiger partial charge on any atom is -0.349 e. The highest BCUT2D eigenvalue weighted by atomic mass is 35.5. The lowest BCUT2D eigenvalue weighted by Crippen LogP contribution is -2.29. The number of benzene rings is 2. The van der Waals surface area contributed by atoms with E-state index in [1.165, 1.54) is 10.9 Å². The van der Waals surface area contributed by atoms with Crippen LogP contribution in [0.25, 0.3) is 10.9 Å². The van der Waals surface area contributed by atoms with Gasteiger partial charge in [-0.2, -0.15) is 0 Å². The molecule has 1 atom stereocenters. The fraction of sp³-hybridized carbons (Fsp3) is 0.211. The molecule has 1 heterocycles. The lowest BCUT2D eigenvalue weighted by atomic mass is 10.1. The van der Waals surface area contributed by atoms with Crippen LogP contribution >= 0.6 is 23.2 Å². The molecule has 26 heavy (non-hydrogen) atoms. The van der Waals surface area contributed by atoms with Gasteiger partial charge in [-0.3, -0.25) is 14.2 Å². The van der Waals surface area contributed by atoms with Crippen LogP contribution in [0.15, 0.2) is 53.6 Å². The Bertz CT molecular complexity index is 1020.